The molecule has 1 heterocycles. The van der Waals surface area contributed by atoms with Crippen LogP contribution in [-0.4, -0.2) is 6.61 Å². The minimum Gasteiger partial charge on any atom is -0.373 e. The lowest BCUT2D eigenvalue weighted by Crippen LogP contribution is -2.21. The molecule has 1 aliphatic heterocycles. The van der Waals surface area contributed by atoms with Crippen molar-refractivity contribution in [3.63, 3.8) is 0 Å². The molecular weight excluding hydrogens is 536 g/mol. The first-order chi connectivity index (χ1) is 20.4. The minimum atomic E-state index is -0.930. The second kappa shape index (κ2) is 16.1. The number of aryl methyl sites for hydroxylation is 1. The third-order valence-corrected chi connectivity index (χ3v) is 8.58. The second-order valence-electron chi connectivity index (χ2n) is 11.7. The van der Waals surface area contributed by atoms with Gasteiger partial charge in [-0.2, -0.15) is 0 Å². The van der Waals surface area contributed by atoms with Gasteiger partial charge >= 0.3 is 0 Å². The second-order valence-corrected chi connectivity index (χ2v) is 11.7. The van der Waals surface area contributed by atoms with Gasteiger partial charge in [0.05, 0.1) is 12.7 Å². The normalized spacial score (nSPS) is 17.0. The molecule has 2 atom stereocenters. The molecule has 1 nitrogen and oxygen atoms in total. The van der Waals surface area contributed by atoms with E-state index >= 15 is 13.2 Å². The SMILES string of the molecule is C=CCCC1CCC(c2ccc(-c3ccc(-c4ccc(CCCCCCCCCC)c(F)c4F)cc3)c(F)c2F)OC1. The van der Waals surface area contributed by atoms with Crippen molar-refractivity contribution < 1.29 is 22.3 Å². The summed E-state index contributed by atoms with van der Waals surface area (Å²) in [6.45, 7) is 6.48. The Morgan fingerprint density at radius 3 is 1.90 bits per heavy atom. The summed E-state index contributed by atoms with van der Waals surface area (Å²) in [5.74, 6) is -3.10. The van der Waals surface area contributed by atoms with Gasteiger partial charge in [0.2, 0.25) is 0 Å². The van der Waals surface area contributed by atoms with Crippen LogP contribution in [0.2, 0.25) is 0 Å². The van der Waals surface area contributed by atoms with Crippen LogP contribution in [0.25, 0.3) is 22.3 Å². The van der Waals surface area contributed by atoms with E-state index < -0.39 is 29.4 Å². The van der Waals surface area contributed by atoms with Crippen molar-refractivity contribution >= 4 is 0 Å². The Morgan fingerprint density at radius 2 is 1.31 bits per heavy atom. The molecule has 0 N–H and O–H groups in total. The lowest BCUT2D eigenvalue weighted by Gasteiger charge is -2.29. The van der Waals surface area contributed by atoms with Crippen molar-refractivity contribution in [2.45, 2.75) is 96.5 Å². The fourth-order valence-corrected chi connectivity index (χ4v) is 5.95. The van der Waals surface area contributed by atoms with Crippen LogP contribution >= 0.6 is 0 Å². The average molecular weight is 581 g/mol. The molecule has 5 heteroatoms. The molecule has 0 spiro atoms. The molecule has 1 aliphatic rings. The van der Waals surface area contributed by atoms with Crippen LogP contribution in [0.3, 0.4) is 0 Å². The van der Waals surface area contributed by atoms with E-state index in [-0.39, 0.29) is 16.7 Å². The van der Waals surface area contributed by atoms with Gasteiger partial charge in [0.25, 0.3) is 0 Å². The largest absolute Gasteiger partial charge is 0.373 e. The van der Waals surface area contributed by atoms with Gasteiger partial charge in [-0.1, -0.05) is 106 Å². The highest BCUT2D eigenvalue weighted by Crippen LogP contribution is 2.37. The van der Waals surface area contributed by atoms with Gasteiger partial charge in [-0.3, -0.25) is 0 Å². The van der Waals surface area contributed by atoms with Gasteiger partial charge in [0.15, 0.2) is 23.3 Å². The number of halogens is 4. The molecule has 4 rings (SSSR count). The number of hydrogen-bond acceptors (Lipinski definition) is 1. The monoisotopic (exact) mass is 580 g/mol. The van der Waals surface area contributed by atoms with E-state index in [0.717, 1.165) is 38.5 Å². The highest BCUT2D eigenvalue weighted by molar-refractivity contribution is 5.71. The maximum atomic E-state index is 15.2. The van der Waals surface area contributed by atoms with Crippen LogP contribution in [0.1, 0.15) is 101 Å². The summed E-state index contributed by atoms with van der Waals surface area (Å²) < 4.78 is 66.2. The number of hydrogen-bond donors (Lipinski definition) is 0. The number of ether oxygens (including phenoxy) is 1. The molecule has 3 aromatic carbocycles. The van der Waals surface area contributed by atoms with E-state index in [2.05, 4.69) is 13.5 Å². The molecular formula is C37H44F4O. The first-order valence-corrected chi connectivity index (χ1v) is 15.7. The number of unbranched alkanes of at least 4 members (excludes halogenated alkanes) is 7. The van der Waals surface area contributed by atoms with Gasteiger partial charge in [0.1, 0.15) is 0 Å². The molecule has 3 aromatic rings. The van der Waals surface area contributed by atoms with Crippen molar-refractivity contribution in [1.82, 2.24) is 0 Å². The molecule has 0 radical (unpaired) electrons. The van der Waals surface area contributed by atoms with Crippen LogP contribution in [0, 0.1) is 29.2 Å². The average Bonchev–Trinajstić information content (AvgIpc) is 3.01. The molecule has 1 saturated heterocycles. The van der Waals surface area contributed by atoms with Crippen LogP contribution in [0.15, 0.2) is 61.2 Å². The molecule has 0 aliphatic carbocycles. The van der Waals surface area contributed by atoms with Gasteiger partial charge in [-0.15, -0.1) is 6.58 Å². The molecule has 0 amide bonds. The zero-order valence-electron chi connectivity index (χ0n) is 24.9. The Balaban J connectivity index is 1.38. The Hall–Kier alpha value is -2.92. The highest BCUT2D eigenvalue weighted by Gasteiger charge is 2.27. The van der Waals surface area contributed by atoms with E-state index in [1.807, 2.05) is 6.08 Å². The number of allylic oxidation sites excluding steroid dienone is 1. The minimum absolute atomic E-state index is 0.120. The van der Waals surface area contributed by atoms with E-state index in [0.29, 0.717) is 42.1 Å². The molecule has 0 saturated carbocycles. The number of benzene rings is 3. The topological polar surface area (TPSA) is 9.23 Å². The summed E-state index contributed by atoms with van der Waals surface area (Å²) in [6, 6.07) is 12.9. The van der Waals surface area contributed by atoms with E-state index in [4.69, 9.17) is 4.74 Å². The summed E-state index contributed by atoms with van der Waals surface area (Å²) in [5, 5.41) is 0. The van der Waals surface area contributed by atoms with Gasteiger partial charge < -0.3 is 4.74 Å². The lowest BCUT2D eigenvalue weighted by molar-refractivity contribution is -0.0210. The first-order valence-electron chi connectivity index (χ1n) is 15.7. The van der Waals surface area contributed by atoms with Gasteiger partial charge in [0, 0.05) is 16.7 Å². The zero-order valence-corrected chi connectivity index (χ0v) is 24.9. The van der Waals surface area contributed by atoms with E-state index in [1.54, 1.807) is 48.5 Å². The summed E-state index contributed by atoms with van der Waals surface area (Å²) >= 11 is 0. The predicted octanol–water partition coefficient (Wildman–Crippen LogP) is 11.7. The Bertz CT molecular complexity index is 1290. The summed E-state index contributed by atoms with van der Waals surface area (Å²) in [4.78, 5) is 0. The lowest BCUT2D eigenvalue weighted by atomic mass is 9.90. The van der Waals surface area contributed by atoms with Crippen LogP contribution in [0.4, 0.5) is 17.6 Å². The standard InChI is InChI=1S/C37H44F4O/c1-3-5-7-8-9-10-11-12-14-29-20-21-30(35(39)34(29)38)27-16-18-28(19-17-27)31-22-23-32(37(41)36(31)40)33-24-15-26(25-42-33)13-6-4-2/h4,16-23,26,33H,2-3,5-15,24-25H2,1H3. The van der Waals surface area contributed by atoms with E-state index in [1.165, 1.54) is 32.1 Å². The van der Waals surface area contributed by atoms with Crippen LogP contribution in [0.5, 0.6) is 0 Å². The fourth-order valence-electron chi connectivity index (χ4n) is 5.95. The molecule has 0 aromatic heterocycles. The van der Waals surface area contributed by atoms with Crippen LogP contribution < -0.4 is 0 Å². The van der Waals surface area contributed by atoms with Gasteiger partial charge in [-0.25, -0.2) is 17.6 Å². The summed E-state index contributed by atoms with van der Waals surface area (Å²) in [6.07, 6.45) is 14.6. The fraction of sp³-hybridized carbons (Fsp3) is 0.459. The zero-order chi connectivity index (χ0) is 29.9. The van der Waals surface area contributed by atoms with Crippen LogP contribution in [-0.2, 0) is 11.2 Å². The Morgan fingerprint density at radius 1 is 0.714 bits per heavy atom. The summed E-state index contributed by atoms with van der Waals surface area (Å²) in [5.41, 5.74) is 1.85. The Labute approximate surface area is 249 Å². The maximum Gasteiger partial charge on any atom is 0.167 e. The van der Waals surface area contributed by atoms with Crippen molar-refractivity contribution in [2.75, 3.05) is 6.61 Å². The third kappa shape index (κ3) is 8.12. The first kappa shape index (κ1) is 32.0. The maximum absolute atomic E-state index is 15.2. The quantitative estimate of drug-likeness (QED) is 0.0987. The van der Waals surface area contributed by atoms with Gasteiger partial charge in [-0.05, 0) is 61.1 Å². The molecule has 226 valence electrons. The molecule has 1 fully saturated rings. The number of rotatable bonds is 15. The summed E-state index contributed by atoms with van der Waals surface area (Å²) in [7, 11) is 0. The van der Waals surface area contributed by atoms with Crippen molar-refractivity contribution in [3.05, 3.63) is 95.6 Å². The van der Waals surface area contributed by atoms with Crippen molar-refractivity contribution in [2.24, 2.45) is 5.92 Å². The Kier molecular flexibility index (Phi) is 12.2. The molecule has 0 bridgehead atoms. The molecule has 42 heavy (non-hydrogen) atoms. The van der Waals surface area contributed by atoms with Crippen molar-refractivity contribution in [1.29, 1.82) is 0 Å². The third-order valence-electron chi connectivity index (χ3n) is 8.58. The highest BCUT2D eigenvalue weighted by atomic mass is 19.2. The van der Waals surface area contributed by atoms with E-state index in [9.17, 15) is 4.39 Å². The molecule has 2 unspecified atom stereocenters. The predicted molar refractivity (Wildman–Crippen MR) is 164 cm³/mol. The van der Waals surface area contributed by atoms with Crippen molar-refractivity contribution in [3.8, 4) is 22.3 Å². The smallest absolute Gasteiger partial charge is 0.167 e.